The molecule has 9 heteroatoms. The van der Waals surface area contributed by atoms with Crippen LogP contribution in [0.3, 0.4) is 0 Å². The predicted molar refractivity (Wildman–Crippen MR) is 133 cm³/mol. The molecule has 1 aromatic heterocycles. The number of benzene rings is 1. The van der Waals surface area contributed by atoms with E-state index >= 15 is 0 Å². The Labute approximate surface area is 205 Å². The summed E-state index contributed by atoms with van der Waals surface area (Å²) in [5.41, 5.74) is 1.74. The van der Waals surface area contributed by atoms with Gasteiger partial charge >= 0.3 is 6.03 Å². The van der Waals surface area contributed by atoms with E-state index < -0.39 is 6.03 Å². The van der Waals surface area contributed by atoms with E-state index in [1.165, 1.54) is 0 Å². The van der Waals surface area contributed by atoms with Gasteiger partial charge in [0.2, 0.25) is 5.91 Å². The molecule has 0 aliphatic carbocycles. The number of nitrogens with one attached hydrogen (secondary N) is 3. The van der Waals surface area contributed by atoms with Crippen molar-refractivity contribution in [2.75, 3.05) is 43.9 Å². The number of likely N-dealkylation sites (tertiary alicyclic amines) is 2. The van der Waals surface area contributed by atoms with Gasteiger partial charge in [-0.05, 0) is 30.7 Å². The number of quaternary nitrogens is 1. The van der Waals surface area contributed by atoms with Crippen molar-refractivity contribution in [1.82, 2.24) is 9.47 Å². The van der Waals surface area contributed by atoms with Gasteiger partial charge in [0.1, 0.15) is 11.4 Å². The molecule has 2 bridgehead atoms. The van der Waals surface area contributed by atoms with E-state index in [1.54, 1.807) is 37.1 Å². The average Bonchev–Trinajstić information content (AvgIpc) is 2.86. The minimum Gasteiger partial charge on any atom is -0.495 e. The molecule has 1 unspecified atom stereocenters. The highest BCUT2D eigenvalue weighted by molar-refractivity contribution is 6.00. The minimum absolute atomic E-state index is 0.148. The SMILES string of the molecule is COc1ccccc1NC(=O)Nc1ccc2n(c1=O)C[C@H]1C[C@@H]2C[NH+](C2CCN(C(C)=O)CC2)C1. The van der Waals surface area contributed by atoms with Gasteiger partial charge in [-0.2, -0.15) is 0 Å². The standard InChI is InChI=1S/C26H33N5O4/c1-17(32)29-11-9-20(10-12-29)30-14-18-13-19(16-30)23-8-7-22(25(33)31(23)15-18)28-26(34)27-21-5-3-4-6-24(21)35-2/h3-8,18-20H,9-16H2,1-2H3,(H2,27,28,34)/p+1/t18-,19+/m0/s1. The van der Waals surface area contributed by atoms with Crippen LogP contribution in [0.25, 0.3) is 0 Å². The van der Waals surface area contributed by atoms with Crippen LogP contribution < -0.4 is 25.8 Å². The zero-order chi connectivity index (χ0) is 24.5. The maximum absolute atomic E-state index is 13.3. The van der Waals surface area contributed by atoms with Crippen molar-refractivity contribution in [2.24, 2.45) is 5.92 Å². The van der Waals surface area contributed by atoms with E-state index in [-0.39, 0.29) is 17.2 Å². The highest BCUT2D eigenvalue weighted by Crippen LogP contribution is 2.31. The molecule has 0 radical (unpaired) electrons. The molecule has 3 aliphatic rings. The molecule has 2 fully saturated rings. The van der Waals surface area contributed by atoms with E-state index in [1.807, 2.05) is 27.7 Å². The number of fused-ring (bicyclic) bond motifs is 4. The van der Waals surface area contributed by atoms with Gasteiger partial charge in [-0.3, -0.25) is 9.59 Å². The number of urea groups is 1. The summed E-state index contributed by atoms with van der Waals surface area (Å²) in [6, 6.07) is 11.0. The van der Waals surface area contributed by atoms with Crippen LogP contribution in [0.4, 0.5) is 16.2 Å². The van der Waals surface area contributed by atoms with Crippen LogP contribution in [0.5, 0.6) is 5.75 Å². The predicted octanol–water partition coefficient (Wildman–Crippen LogP) is 1.51. The van der Waals surface area contributed by atoms with Gasteiger partial charge in [0.25, 0.3) is 5.56 Å². The molecule has 3 N–H and O–H groups in total. The van der Waals surface area contributed by atoms with Crippen molar-refractivity contribution in [1.29, 1.82) is 0 Å². The van der Waals surface area contributed by atoms with Gasteiger partial charge in [-0.1, -0.05) is 12.1 Å². The molecule has 3 atom stereocenters. The lowest BCUT2D eigenvalue weighted by Gasteiger charge is -2.45. The van der Waals surface area contributed by atoms with E-state index in [2.05, 4.69) is 10.6 Å². The second-order valence-corrected chi connectivity index (χ2v) is 10.0. The average molecular weight is 481 g/mol. The monoisotopic (exact) mass is 480 g/mol. The summed E-state index contributed by atoms with van der Waals surface area (Å²) in [5, 5.41) is 5.48. The summed E-state index contributed by atoms with van der Waals surface area (Å²) in [7, 11) is 1.54. The van der Waals surface area contributed by atoms with Gasteiger partial charge in [0.05, 0.1) is 31.9 Å². The molecule has 1 aromatic carbocycles. The van der Waals surface area contributed by atoms with Crippen LogP contribution in [0.1, 0.15) is 37.8 Å². The number of carbonyl (C=O) groups is 2. The van der Waals surface area contributed by atoms with Crippen LogP contribution in [0, 0.1) is 5.92 Å². The molecule has 2 aromatic rings. The molecule has 9 nitrogen and oxygen atoms in total. The fraction of sp³-hybridized carbons (Fsp3) is 0.500. The zero-order valence-electron chi connectivity index (χ0n) is 20.4. The largest absolute Gasteiger partial charge is 0.495 e. The zero-order valence-corrected chi connectivity index (χ0v) is 20.4. The van der Waals surface area contributed by atoms with E-state index in [0.717, 1.165) is 51.1 Å². The van der Waals surface area contributed by atoms with Crippen LogP contribution >= 0.6 is 0 Å². The normalized spacial score (nSPS) is 23.8. The van der Waals surface area contributed by atoms with Crippen molar-refractivity contribution >= 4 is 23.3 Å². The second-order valence-electron chi connectivity index (χ2n) is 10.0. The number of nitrogens with zero attached hydrogens (tertiary/aromatic N) is 2. The van der Waals surface area contributed by atoms with E-state index in [4.69, 9.17) is 4.74 Å². The summed E-state index contributed by atoms with van der Waals surface area (Å²) in [6.07, 6.45) is 3.20. The molecule has 0 saturated carbocycles. The number of para-hydroxylation sites is 2. The Balaban J connectivity index is 1.27. The maximum atomic E-state index is 13.3. The fourth-order valence-corrected chi connectivity index (χ4v) is 6.15. The van der Waals surface area contributed by atoms with Crippen molar-refractivity contribution in [3.8, 4) is 5.75 Å². The van der Waals surface area contributed by atoms with Crippen molar-refractivity contribution in [3.05, 3.63) is 52.4 Å². The Morgan fingerprint density at radius 3 is 2.51 bits per heavy atom. The first kappa shape index (κ1) is 23.4. The highest BCUT2D eigenvalue weighted by Gasteiger charge is 2.41. The van der Waals surface area contributed by atoms with Crippen LogP contribution in [0.2, 0.25) is 0 Å². The Kier molecular flexibility index (Phi) is 6.51. The number of rotatable bonds is 4. The molecule has 3 amide bonds. The quantitative estimate of drug-likeness (QED) is 0.618. The number of aromatic nitrogens is 1. The maximum Gasteiger partial charge on any atom is 0.323 e. The van der Waals surface area contributed by atoms with Gasteiger partial charge in [-0.25, -0.2) is 4.79 Å². The van der Waals surface area contributed by atoms with Crippen LogP contribution in [-0.2, 0) is 11.3 Å². The Bertz CT molecular complexity index is 1170. The minimum atomic E-state index is -0.476. The Hall–Kier alpha value is -3.33. The third kappa shape index (κ3) is 4.77. The number of methoxy groups -OCH3 is 1. The number of hydrogen-bond acceptors (Lipinski definition) is 4. The number of carbonyl (C=O) groups excluding carboxylic acids is 2. The summed E-state index contributed by atoms with van der Waals surface area (Å²) in [5.74, 6) is 1.50. The molecule has 35 heavy (non-hydrogen) atoms. The van der Waals surface area contributed by atoms with Gasteiger partial charge < -0.3 is 29.7 Å². The molecule has 3 aliphatic heterocycles. The third-order valence-corrected chi connectivity index (χ3v) is 7.87. The van der Waals surface area contributed by atoms with Crippen LogP contribution in [-0.4, -0.2) is 60.7 Å². The van der Waals surface area contributed by atoms with Crippen LogP contribution in [0.15, 0.2) is 41.2 Å². The fourth-order valence-electron chi connectivity index (χ4n) is 6.15. The topological polar surface area (TPSA) is 97.1 Å². The smallest absolute Gasteiger partial charge is 0.323 e. The summed E-state index contributed by atoms with van der Waals surface area (Å²) < 4.78 is 7.15. The molecule has 2 saturated heterocycles. The summed E-state index contributed by atoms with van der Waals surface area (Å²) in [6.45, 7) is 6.10. The number of piperidine rings is 2. The van der Waals surface area contributed by atoms with Gasteiger partial charge in [0.15, 0.2) is 0 Å². The number of pyridine rings is 1. The van der Waals surface area contributed by atoms with E-state index in [0.29, 0.717) is 35.9 Å². The molecule has 4 heterocycles. The van der Waals surface area contributed by atoms with Gasteiger partial charge in [-0.15, -0.1) is 0 Å². The molecule has 186 valence electrons. The van der Waals surface area contributed by atoms with E-state index in [9.17, 15) is 14.4 Å². The van der Waals surface area contributed by atoms with Crippen molar-refractivity contribution in [2.45, 2.75) is 44.7 Å². The summed E-state index contributed by atoms with van der Waals surface area (Å²) in [4.78, 5) is 41.1. The highest BCUT2D eigenvalue weighted by atomic mass is 16.5. The summed E-state index contributed by atoms with van der Waals surface area (Å²) >= 11 is 0. The first-order chi connectivity index (χ1) is 16.9. The lowest BCUT2D eigenvalue weighted by Crippen LogP contribution is -3.18. The van der Waals surface area contributed by atoms with Gasteiger partial charge in [0, 0.05) is 56.9 Å². The Morgan fingerprint density at radius 1 is 1.03 bits per heavy atom. The van der Waals surface area contributed by atoms with Crippen molar-refractivity contribution < 1.29 is 19.2 Å². The first-order valence-corrected chi connectivity index (χ1v) is 12.5. The Morgan fingerprint density at radius 2 is 1.77 bits per heavy atom. The first-order valence-electron chi connectivity index (χ1n) is 12.5. The molecular formula is C26H34N5O4+. The number of anilines is 2. The number of hydrogen-bond donors (Lipinski definition) is 3. The number of ether oxygens (including phenoxy) is 1. The molecule has 5 rings (SSSR count). The third-order valence-electron chi connectivity index (χ3n) is 7.87. The van der Waals surface area contributed by atoms with Crippen molar-refractivity contribution in [3.63, 3.8) is 0 Å². The lowest BCUT2D eigenvalue weighted by atomic mass is 9.82. The molecule has 0 spiro atoms. The lowest BCUT2D eigenvalue weighted by molar-refractivity contribution is -0.937. The molecular weight excluding hydrogens is 446 g/mol. The second kappa shape index (κ2) is 9.73. The number of amides is 3.